The third-order valence-electron chi connectivity index (χ3n) is 2.69. The number of hydrogen-bond acceptors (Lipinski definition) is 3. The number of hydrogen-bond donors (Lipinski definition) is 1. The van der Waals surface area contributed by atoms with Crippen LogP contribution in [0, 0.1) is 0 Å². The fraction of sp³-hybridized carbons (Fsp3) is 0.417. The van der Waals surface area contributed by atoms with E-state index in [1.165, 1.54) is 0 Å². The Bertz CT molecular complexity index is 590. The fourth-order valence-electron chi connectivity index (χ4n) is 1.83. The molecule has 21 heavy (non-hydrogen) atoms. The maximum Gasteiger partial charge on any atom is 0.435 e. The predicted octanol–water partition coefficient (Wildman–Crippen LogP) is 1.30. The smallest absolute Gasteiger partial charge is 0.350 e. The maximum absolute atomic E-state index is 12.4. The highest BCUT2D eigenvalue weighted by molar-refractivity contribution is 5.75. The molecule has 0 bridgehead atoms. The summed E-state index contributed by atoms with van der Waals surface area (Å²) in [6.45, 7) is 2.06. The van der Waals surface area contributed by atoms with Gasteiger partial charge in [-0.2, -0.15) is 18.3 Å². The van der Waals surface area contributed by atoms with Crippen molar-refractivity contribution in [1.82, 2.24) is 24.6 Å². The molecule has 2 heterocycles. The molecule has 1 N–H and O–H groups in total. The Hall–Kier alpha value is -2.32. The van der Waals surface area contributed by atoms with E-state index in [-0.39, 0.29) is 12.6 Å². The molecule has 9 heteroatoms. The zero-order valence-corrected chi connectivity index (χ0v) is 11.2. The third kappa shape index (κ3) is 4.33. The van der Waals surface area contributed by atoms with E-state index in [1.54, 1.807) is 30.2 Å². The summed E-state index contributed by atoms with van der Waals surface area (Å²) in [4.78, 5) is 15.6. The molecule has 114 valence electrons. The highest BCUT2D eigenvalue weighted by Gasteiger charge is 2.33. The summed E-state index contributed by atoms with van der Waals surface area (Å²) in [6, 6.07) is 0.659. The van der Waals surface area contributed by atoms with Crippen molar-refractivity contribution in [3.05, 3.63) is 36.7 Å². The highest BCUT2D eigenvalue weighted by atomic mass is 19.4. The molecule has 0 aliphatic rings. The second-order valence-electron chi connectivity index (χ2n) is 4.62. The van der Waals surface area contributed by atoms with Crippen LogP contribution in [0.3, 0.4) is 0 Å². The summed E-state index contributed by atoms with van der Waals surface area (Å²) in [5.74, 6) is -0.403. The van der Waals surface area contributed by atoms with Gasteiger partial charge in [0, 0.05) is 31.2 Å². The molecular formula is C12H14F3N5O. The molecule has 0 aliphatic heterocycles. The van der Waals surface area contributed by atoms with Crippen LogP contribution in [0.15, 0.2) is 31.0 Å². The van der Waals surface area contributed by atoms with E-state index in [0.29, 0.717) is 6.54 Å². The molecule has 0 aromatic carbocycles. The van der Waals surface area contributed by atoms with E-state index < -0.39 is 17.8 Å². The number of carbonyl (C=O) groups is 1. The number of aromatic nitrogens is 4. The number of alkyl halides is 3. The van der Waals surface area contributed by atoms with Crippen molar-refractivity contribution in [1.29, 1.82) is 0 Å². The van der Waals surface area contributed by atoms with Crippen LogP contribution in [0.1, 0.15) is 12.6 Å². The summed E-state index contributed by atoms with van der Waals surface area (Å²) in [7, 11) is 0. The summed E-state index contributed by atoms with van der Waals surface area (Å²) in [6.07, 6.45) is 1.62. The van der Waals surface area contributed by atoms with Gasteiger partial charge in [0.05, 0.1) is 6.33 Å². The quantitative estimate of drug-likeness (QED) is 0.905. The number of nitrogens with zero attached hydrogens (tertiary/aromatic N) is 4. The second-order valence-corrected chi connectivity index (χ2v) is 4.62. The van der Waals surface area contributed by atoms with Gasteiger partial charge in [0.2, 0.25) is 5.91 Å². The SMILES string of the molecule is C[C@H](Cn1ccnc1)NC(=O)Cn1ccc(C(F)(F)F)n1. The lowest BCUT2D eigenvalue weighted by Crippen LogP contribution is -2.37. The standard InChI is InChI=1S/C12H14F3N5O/c1-9(6-19-5-3-16-8-19)17-11(21)7-20-4-2-10(18-20)12(13,14)15/h2-5,8-9H,6-7H2,1H3,(H,17,21)/t9-/m1/s1. The van der Waals surface area contributed by atoms with Gasteiger partial charge in [-0.05, 0) is 13.0 Å². The van der Waals surface area contributed by atoms with Crippen LogP contribution in [0.2, 0.25) is 0 Å². The molecule has 2 aromatic heterocycles. The van der Waals surface area contributed by atoms with Crippen LogP contribution in [-0.4, -0.2) is 31.3 Å². The van der Waals surface area contributed by atoms with Crippen molar-refractivity contribution < 1.29 is 18.0 Å². The topological polar surface area (TPSA) is 64.7 Å². The Balaban J connectivity index is 1.85. The van der Waals surface area contributed by atoms with Gasteiger partial charge in [-0.15, -0.1) is 0 Å². The largest absolute Gasteiger partial charge is 0.435 e. The van der Waals surface area contributed by atoms with Gasteiger partial charge in [-0.3, -0.25) is 9.48 Å². The molecule has 0 unspecified atom stereocenters. The first-order chi connectivity index (χ1) is 9.84. The molecule has 2 aromatic rings. The van der Waals surface area contributed by atoms with Crippen molar-refractivity contribution in [3.8, 4) is 0 Å². The van der Waals surface area contributed by atoms with Gasteiger partial charge in [0.25, 0.3) is 0 Å². The van der Waals surface area contributed by atoms with Gasteiger partial charge in [-0.25, -0.2) is 4.98 Å². The van der Waals surface area contributed by atoms with Crippen LogP contribution >= 0.6 is 0 Å². The van der Waals surface area contributed by atoms with Gasteiger partial charge in [0.15, 0.2) is 5.69 Å². The number of halogens is 3. The van der Waals surface area contributed by atoms with E-state index in [1.807, 2.05) is 0 Å². The number of rotatable bonds is 5. The van der Waals surface area contributed by atoms with Crippen molar-refractivity contribution in [2.45, 2.75) is 32.2 Å². The monoisotopic (exact) mass is 301 g/mol. The summed E-state index contributed by atoms with van der Waals surface area (Å²) in [5, 5.41) is 6.01. The lowest BCUT2D eigenvalue weighted by atomic mass is 10.3. The zero-order valence-electron chi connectivity index (χ0n) is 11.2. The van der Waals surface area contributed by atoms with Crippen LogP contribution in [-0.2, 0) is 24.1 Å². The van der Waals surface area contributed by atoms with Gasteiger partial charge < -0.3 is 9.88 Å². The Morgan fingerprint density at radius 3 is 2.76 bits per heavy atom. The Labute approximate surface area is 118 Å². The van der Waals surface area contributed by atoms with Gasteiger partial charge >= 0.3 is 6.18 Å². The lowest BCUT2D eigenvalue weighted by Gasteiger charge is -2.14. The van der Waals surface area contributed by atoms with E-state index in [4.69, 9.17) is 0 Å². The number of imidazole rings is 1. The number of nitrogens with one attached hydrogen (secondary N) is 1. The molecule has 0 fully saturated rings. The molecule has 0 saturated heterocycles. The van der Waals surface area contributed by atoms with Crippen molar-refractivity contribution >= 4 is 5.91 Å². The number of amides is 1. The maximum atomic E-state index is 12.4. The van der Waals surface area contributed by atoms with Crippen LogP contribution in [0.5, 0.6) is 0 Å². The van der Waals surface area contributed by atoms with Crippen molar-refractivity contribution in [2.24, 2.45) is 0 Å². The molecule has 6 nitrogen and oxygen atoms in total. The van der Waals surface area contributed by atoms with Crippen LogP contribution < -0.4 is 5.32 Å². The Morgan fingerprint density at radius 2 is 2.19 bits per heavy atom. The Kier molecular flexibility index (Phi) is 4.29. The van der Waals surface area contributed by atoms with Crippen LogP contribution in [0.4, 0.5) is 13.2 Å². The third-order valence-corrected chi connectivity index (χ3v) is 2.69. The molecule has 2 rings (SSSR count). The van der Waals surface area contributed by atoms with Crippen molar-refractivity contribution in [2.75, 3.05) is 0 Å². The first kappa shape index (κ1) is 15.1. The average Bonchev–Trinajstić information content (AvgIpc) is 2.98. The molecular weight excluding hydrogens is 287 g/mol. The van der Waals surface area contributed by atoms with E-state index in [2.05, 4.69) is 15.4 Å². The molecule has 1 atom stereocenters. The highest BCUT2D eigenvalue weighted by Crippen LogP contribution is 2.27. The first-order valence-electron chi connectivity index (χ1n) is 6.20. The summed E-state index contributed by atoms with van der Waals surface area (Å²) >= 11 is 0. The predicted molar refractivity (Wildman–Crippen MR) is 67.1 cm³/mol. The molecule has 0 radical (unpaired) electrons. The van der Waals surface area contributed by atoms with Crippen LogP contribution in [0.25, 0.3) is 0 Å². The normalized spacial score (nSPS) is 13.1. The minimum absolute atomic E-state index is 0.177. The summed E-state index contributed by atoms with van der Waals surface area (Å²) in [5.41, 5.74) is -1.01. The number of carbonyl (C=O) groups excluding carboxylic acids is 1. The molecule has 0 saturated carbocycles. The lowest BCUT2D eigenvalue weighted by molar-refractivity contribution is -0.141. The molecule has 1 amide bonds. The first-order valence-corrected chi connectivity index (χ1v) is 6.20. The minimum atomic E-state index is -4.50. The molecule has 0 aliphatic carbocycles. The average molecular weight is 301 g/mol. The Morgan fingerprint density at radius 1 is 1.43 bits per heavy atom. The zero-order chi connectivity index (χ0) is 15.5. The van der Waals surface area contributed by atoms with Gasteiger partial charge in [-0.1, -0.05) is 0 Å². The van der Waals surface area contributed by atoms with E-state index in [9.17, 15) is 18.0 Å². The molecule has 0 spiro atoms. The fourth-order valence-corrected chi connectivity index (χ4v) is 1.83. The minimum Gasteiger partial charge on any atom is -0.350 e. The second kappa shape index (κ2) is 5.98. The van der Waals surface area contributed by atoms with Gasteiger partial charge in [0.1, 0.15) is 6.54 Å². The van der Waals surface area contributed by atoms with Crippen molar-refractivity contribution in [3.63, 3.8) is 0 Å². The van der Waals surface area contributed by atoms with E-state index in [0.717, 1.165) is 16.9 Å². The summed E-state index contributed by atoms with van der Waals surface area (Å²) < 4.78 is 39.9. The van der Waals surface area contributed by atoms with E-state index >= 15 is 0 Å².